The summed E-state index contributed by atoms with van der Waals surface area (Å²) in [5.74, 6) is -0.263. The minimum absolute atomic E-state index is 0.000625. The van der Waals surface area contributed by atoms with Crippen molar-refractivity contribution in [1.29, 1.82) is 0 Å². The third-order valence-electron chi connectivity index (χ3n) is 2.92. The quantitative estimate of drug-likeness (QED) is 0.622. The van der Waals surface area contributed by atoms with Crippen molar-refractivity contribution in [2.45, 2.75) is 25.9 Å². The van der Waals surface area contributed by atoms with Crippen LogP contribution in [0.2, 0.25) is 0 Å². The van der Waals surface area contributed by atoms with Gasteiger partial charge in [-0.15, -0.1) is 5.10 Å². The number of nitrogens with zero attached hydrogens (tertiary/aromatic N) is 5. The van der Waals surface area contributed by atoms with Crippen LogP contribution in [0.15, 0.2) is 30.6 Å². The molecule has 2 aromatic rings. The first-order chi connectivity index (χ1) is 10.1. The lowest BCUT2D eigenvalue weighted by molar-refractivity contribution is -0.384. The van der Waals surface area contributed by atoms with E-state index in [9.17, 15) is 14.9 Å². The van der Waals surface area contributed by atoms with Crippen LogP contribution in [0.4, 0.5) is 5.69 Å². The fourth-order valence-electron chi connectivity index (χ4n) is 1.92. The Morgan fingerprint density at radius 1 is 1.52 bits per heavy atom. The summed E-state index contributed by atoms with van der Waals surface area (Å²) in [6.07, 6.45) is 1.95. The lowest BCUT2D eigenvalue weighted by atomic mass is 10.0. The maximum absolute atomic E-state index is 11.9. The van der Waals surface area contributed by atoms with Gasteiger partial charge < -0.3 is 5.32 Å². The van der Waals surface area contributed by atoms with Gasteiger partial charge in [0.1, 0.15) is 12.9 Å². The van der Waals surface area contributed by atoms with Crippen LogP contribution in [0.3, 0.4) is 0 Å². The van der Waals surface area contributed by atoms with Crippen LogP contribution in [0.1, 0.15) is 24.9 Å². The number of tetrazole rings is 1. The van der Waals surface area contributed by atoms with Crippen LogP contribution < -0.4 is 5.32 Å². The van der Waals surface area contributed by atoms with Gasteiger partial charge in [0.25, 0.3) is 5.69 Å². The Labute approximate surface area is 120 Å². The lowest BCUT2D eigenvalue weighted by Gasteiger charge is -2.17. The monoisotopic (exact) mass is 290 g/mol. The molecule has 0 aliphatic heterocycles. The molecule has 0 radical (unpaired) electrons. The Morgan fingerprint density at radius 2 is 2.33 bits per heavy atom. The van der Waals surface area contributed by atoms with Crippen LogP contribution in [0.5, 0.6) is 0 Å². The van der Waals surface area contributed by atoms with Crippen molar-refractivity contribution < 1.29 is 9.72 Å². The molecule has 0 saturated heterocycles. The van der Waals surface area contributed by atoms with Gasteiger partial charge in [0.2, 0.25) is 5.91 Å². The van der Waals surface area contributed by atoms with E-state index in [0.717, 1.165) is 0 Å². The Balaban J connectivity index is 2.07. The summed E-state index contributed by atoms with van der Waals surface area (Å²) < 4.78 is 1.30. The number of aromatic nitrogens is 4. The van der Waals surface area contributed by atoms with E-state index in [-0.39, 0.29) is 24.2 Å². The van der Waals surface area contributed by atoms with Gasteiger partial charge in [-0.25, -0.2) is 4.68 Å². The topological polar surface area (TPSA) is 116 Å². The molecule has 0 saturated carbocycles. The maximum atomic E-state index is 11.9. The average molecular weight is 290 g/mol. The average Bonchev–Trinajstić information content (AvgIpc) is 2.97. The molecule has 1 aromatic carbocycles. The van der Waals surface area contributed by atoms with Gasteiger partial charge in [0.05, 0.1) is 11.0 Å². The molecule has 0 aliphatic carbocycles. The highest BCUT2D eigenvalue weighted by Crippen LogP contribution is 2.21. The molecule has 1 unspecified atom stereocenters. The summed E-state index contributed by atoms with van der Waals surface area (Å²) in [4.78, 5) is 22.2. The largest absolute Gasteiger partial charge is 0.348 e. The summed E-state index contributed by atoms with van der Waals surface area (Å²) in [7, 11) is 0. The number of benzene rings is 1. The molecule has 2 rings (SSSR count). The number of nitro benzene ring substituents is 1. The second-order valence-corrected chi connectivity index (χ2v) is 4.39. The molecular formula is C12H14N6O3. The van der Waals surface area contributed by atoms with Gasteiger partial charge in [-0.05, 0) is 22.4 Å². The summed E-state index contributed by atoms with van der Waals surface area (Å²) in [6, 6.07) is 5.93. The first-order valence-corrected chi connectivity index (χ1v) is 6.34. The predicted octanol–water partition coefficient (Wildman–Crippen LogP) is 0.849. The summed E-state index contributed by atoms with van der Waals surface area (Å²) in [6.45, 7) is 1.89. The van der Waals surface area contributed by atoms with Gasteiger partial charge in [0, 0.05) is 12.1 Å². The number of nitrogens with one attached hydrogen (secondary N) is 1. The van der Waals surface area contributed by atoms with E-state index in [1.165, 1.54) is 23.1 Å². The van der Waals surface area contributed by atoms with E-state index in [2.05, 4.69) is 20.8 Å². The van der Waals surface area contributed by atoms with Crippen LogP contribution in [-0.4, -0.2) is 31.0 Å². The van der Waals surface area contributed by atoms with Gasteiger partial charge in [-0.1, -0.05) is 19.1 Å². The van der Waals surface area contributed by atoms with Gasteiger partial charge in [-0.3, -0.25) is 14.9 Å². The van der Waals surface area contributed by atoms with Crippen molar-refractivity contribution >= 4 is 11.6 Å². The Morgan fingerprint density at radius 3 is 2.95 bits per heavy atom. The molecule has 0 aliphatic rings. The highest BCUT2D eigenvalue weighted by Gasteiger charge is 2.16. The van der Waals surface area contributed by atoms with Crippen molar-refractivity contribution in [2.75, 3.05) is 0 Å². The number of hydrogen-bond acceptors (Lipinski definition) is 6. The first kappa shape index (κ1) is 14.6. The van der Waals surface area contributed by atoms with E-state index in [0.29, 0.717) is 12.0 Å². The molecule has 1 N–H and O–H groups in total. The molecular weight excluding hydrogens is 276 g/mol. The number of nitro groups is 1. The van der Waals surface area contributed by atoms with Crippen LogP contribution in [-0.2, 0) is 11.3 Å². The number of non-ortho nitro benzene ring substituents is 1. The van der Waals surface area contributed by atoms with Gasteiger partial charge >= 0.3 is 0 Å². The second-order valence-electron chi connectivity index (χ2n) is 4.39. The van der Waals surface area contributed by atoms with Gasteiger partial charge in [0.15, 0.2) is 0 Å². The van der Waals surface area contributed by atoms with E-state index >= 15 is 0 Å². The SMILES string of the molecule is CCC(NC(=O)Cn1cnnn1)c1cccc([N+](=O)[O-])c1. The zero-order valence-electron chi connectivity index (χ0n) is 11.3. The number of hydrogen-bond donors (Lipinski definition) is 1. The van der Waals surface area contributed by atoms with Crippen molar-refractivity contribution in [3.63, 3.8) is 0 Å². The maximum Gasteiger partial charge on any atom is 0.269 e. The number of carbonyl (C=O) groups excluding carboxylic acids is 1. The van der Waals surface area contributed by atoms with Crippen LogP contribution in [0, 0.1) is 10.1 Å². The van der Waals surface area contributed by atoms with Crippen LogP contribution in [0.25, 0.3) is 0 Å². The predicted molar refractivity (Wildman–Crippen MR) is 72.1 cm³/mol. The summed E-state index contributed by atoms with van der Waals surface area (Å²) in [5.41, 5.74) is 0.692. The third-order valence-corrected chi connectivity index (χ3v) is 2.92. The number of carbonyl (C=O) groups is 1. The Kier molecular flexibility index (Phi) is 4.54. The standard InChI is InChI=1S/C12H14N6O3/c1-2-11(9-4-3-5-10(6-9)18(20)21)14-12(19)7-17-8-13-15-16-17/h3-6,8,11H,2,7H2,1H3,(H,14,19). The van der Waals surface area contributed by atoms with E-state index in [1.54, 1.807) is 12.1 Å². The van der Waals surface area contributed by atoms with E-state index in [1.807, 2.05) is 6.92 Å². The molecule has 1 heterocycles. The molecule has 21 heavy (non-hydrogen) atoms. The zero-order chi connectivity index (χ0) is 15.2. The third kappa shape index (κ3) is 3.81. The molecule has 9 nitrogen and oxygen atoms in total. The Bertz CT molecular complexity index is 628. The normalized spacial score (nSPS) is 11.9. The van der Waals surface area contributed by atoms with E-state index < -0.39 is 4.92 Å². The second kappa shape index (κ2) is 6.55. The minimum atomic E-state index is -0.459. The molecule has 0 spiro atoms. The molecule has 9 heteroatoms. The van der Waals surface area contributed by atoms with Crippen molar-refractivity contribution in [3.8, 4) is 0 Å². The fourth-order valence-corrected chi connectivity index (χ4v) is 1.92. The molecule has 110 valence electrons. The highest BCUT2D eigenvalue weighted by molar-refractivity contribution is 5.76. The number of rotatable bonds is 6. The van der Waals surface area contributed by atoms with E-state index in [4.69, 9.17) is 0 Å². The summed E-state index contributed by atoms with van der Waals surface area (Å²) >= 11 is 0. The zero-order valence-corrected chi connectivity index (χ0v) is 11.3. The fraction of sp³-hybridized carbons (Fsp3) is 0.333. The molecule has 1 atom stereocenters. The van der Waals surface area contributed by atoms with Crippen molar-refractivity contribution in [1.82, 2.24) is 25.5 Å². The van der Waals surface area contributed by atoms with Crippen LogP contribution >= 0.6 is 0 Å². The molecule has 1 amide bonds. The van der Waals surface area contributed by atoms with Crippen molar-refractivity contribution in [2.24, 2.45) is 0 Å². The van der Waals surface area contributed by atoms with Gasteiger partial charge in [-0.2, -0.15) is 0 Å². The smallest absolute Gasteiger partial charge is 0.269 e. The first-order valence-electron chi connectivity index (χ1n) is 6.34. The number of amides is 1. The molecule has 0 fully saturated rings. The molecule has 0 bridgehead atoms. The summed E-state index contributed by atoms with van der Waals surface area (Å²) in [5, 5.41) is 24.1. The lowest BCUT2D eigenvalue weighted by Crippen LogP contribution is -2.31. The highest BCUT2D eigenvalue weighted by atomic mass is 16.6. The van der Waals surface area contributed by atoms with Crippen molar-refractivity contribution in [3.05, 3.63) is 46.3 Å². The minimum Gasteiger partial charge on any atom is -0.348 e. The Hall–Kier alpha value is -2.84. The molecule has 1 aromatic heterocycles.